The highest BCUT2D eigenvalue weighted by atomic mass is 16.5. The molecule has 2 aliphatic rings. The van der Waals surface area contributed by atoms with E-state index in [9.17, 15) is 0 Å². The summed E-state index contributed by atoms with van der Waals surface area (Å²) in [7, 11) is 0. The van der Waals surface area contributed by atoms with Gasteiger partial charge in [0.05, 0.1) is 23.9 Å². The minimum Gasteiger partial charge on any atom is -0.351 e. The standard InChI is InChI=1S/C27H22N2O/c1-18-11-13-20(14-12-18)25-16-24-22(15-21-9-5-6-10-23(21)28-24)27-29(25)26(17-30-27)19-7-3-2-4-8-19/h2-16,26-27H,17H2,1H3/t26-,27-/m1/s1. The Bertz CT molecular complexity index is 1260. The molecule has 0 radical (unpaired) electrons. The SMILES string of the molecule is Cc1ccc(C2=Cc3nc4ccccc4cc3[C@H]3OC[C@H](c4ccccc4)N23)cc1. The molecule has 3 heterocycles. The van der Waals surface area contributed by atoms with Crippen LogP contribution in [0.25, 0.3) is 22.7 Å². The number of hydrogen-bond acceptors (Lipinski definition) is 3. The van der Waals surface area contributed by atoms with Gasteiger partial charge in [0.2, 0.25) is 0 Å². The number of nitrogens with zero attached hydrogens (tertiary/aromatic N) is 2. The smallest absolute Gasteiger partial charge is 0.159 e. The molecule has 3 heteroatoms. The first-order valence-electron chi connectivity index (χ1n) is 10.4. The molecule has 0 aliphatic carbocycles. The van der Waals surface area contributed by atoms with E-state index >= 15 is 0 Å². The van der Waals surface area contributed by atoms with Crippen LogP contribution in [0.3, 0.4) is 0 Å². The van der Waals surface area contributed by atoms with Crippen LogP contribution >= 0.6 is 0 Å². The van der Waals surface area contributed by atoms with Crippen molar-refractivity contribution in [3.8, 4) is 0 Å². The summed E-state index contributed by atoms with van der Waals surface area (Å²) in [5, 5.41) is 1.15. The van der Waals surface area contributed by atoms with Gasteiger partial charge in [-0.05, 0) is 36.3 Å². The quantitative estimate of drug-likeness (QED) is 0.412. The highest BCUT2D eigenvalue weighted by Gasteiger charge is 2.41. The largest absolute Gasteiger partial charge is 0.351 e. The lowest BCUT2D eigenvalue weighted by Gasteiger charge is -2.36. The van der Waals surface area contributed by atoms with Crippen LogP contribution in [-0.4, -0.2) is 16.5 Å². The molecule has 0 saturated carbocycles. The van der Waals surface area contributed by atoms with Crippen molar-refractivity contribution in [2.75, 3.05) is 6.61 Å². The summed E-state index contributed by atoms with van der Waals surface area (Å²) in [6.45, 7) is 2.78. The highest BCUT2D eigenvalue weighted by molar-refractivity contribution is 5.87. The molecular formula is C27H22N2O. The van der Waals surface area contributed by atoms with Crippen LogP contribution < -0.4 is 0 Å². The number of fused-ring (bicyclic) bond motifs is 4. The molecule has 146 valence electrons. The molecule has 1 fully saturated rings. The van der Waals surface area contributed by atoms with Gasteiger partial charge in [-0.1, -0.05) is 78.4 Å². The van der Waals surface area contributed by atoms with Crippen molar-refractivity contribution < 1.29 is 4.74 Å². The van der Waals surface area contributed by atoms with Crippen LogP contribution in [0.4, 0.5) is 0 Å². The van der Waals surface area contributed by atoms with Crippen LogP contribution in [0.1, 0.15) is 40.2 Å². The molecule has 0 unspecified atom stereocenters. The Morgan fingerprint density at radius 1 is 0.900 bits per heavy atom. The third-order valence-corrected chi connectivity index (χ3v) is 6.13. The molecule has 3 aromatic carbocycles. The maximum atomic E-state index is 6.42. The van der Waals surface area contributed by atoms with Crippen LogP contribution in [0.15, 0.2) is 84.9 Å². The Labute approximate surface area is 176 Å². The number of hydrogen-bond donors (Lipinski definition) is 0. The summed E-state index contributed by atoms with van der Waals surface area (Å²) < 4.78 is 6.42. The van der Waals surface area contributed by atoms with Crippen LogP contribution in [0.5, 0.6) is 0 Å². The molecule has 2 aliphatic heterocycles. The second-order valence-electron chi connectivity index (χ2n) is 8.07. The number of para-hydroxylation sites is 1. The number of ether oxygens (including phenoxy) is 1. The highest BCUT2D eigenvalue weighted by Crippen LogP contribution is 2.48. The van der Waals surface area contributed by atoms with E-state index in [1.165, 1.54) is 22.4 Å². The van der Waals surface area contributed by atoms with Crippen molar-refractivity contribution in [3.63, 3.8) is 0 Å². The summed E-state index contributed by atoms with van der Waals surface area (Å²) in [5.74, 6) is 0. The van der Waals surface area contributed by atoms with E-state index in [0.717, 1.165) is 22.2 Å². The molecule has 0 amide bonds. The Hall–Kier alpha value is -3.43. The van der Waals surface area contributed by atoms with Crippen molar-refractivity contribution in [2.45, 2.75) is 19.2 Å². The topological polar surface area (TPSA) is 25.4 Å². The maximum Gasteiger partial charge on any atom is 0.159 e. The molecule has 4 aromatic rings. The first-order valence-corrected chi connectivity index (χ1v) is 10.4. The summed E-state index contributed by atoms with van der Waals surface area (Å²) in [6.07, 6.45) is 2.09. The Morgan fingerprint density at radius 3 is 2.50 bits per heavy atom. The summed E-state index contributed by atoms with van der Waals surface area (Å²) in [5.41, 5.74) is 8.05. The molecule has 30 heavy (non-hydrogen) atoms. The maximum absolute atomic E-state index is 6.42. The number of rotatable bonds is 2. The van der Waals surface area contributed by atoms with Gasteiger partial charge < -0.3 is 9.64 Å². The van der Waals surface area contributed by atoms with Crippen molar-refractivity contribution in [1.82, 2.24) is 9.88 Å². The number of pyridine rings is 1. The lowest BCUT2D eigenvalue weighted by Crippen LogP contribution is -2.29. The van der Waals surface area contributed by atoms with Crippen molar-refractivity contribution in [2.24, 2.45) is 0 Å². The molecule has 0 spiro atoms. The van der Waals surface area contributed by atoms with Gasteiger partial charge in [-0.3, -0.25) is 0 Å². The minimum absolute atomic E-state index is 0.136. The Morgan fingerprint density at radius 2 is 1.67 bits per heavy atom. The van der Waals surface area contributed by atoms with Crippen LogP contribution in [0.2, 0.25) is 0 Å². The molecular weight excluding hydrogens is 368 g/mol. The number of aryl methyl sites for hydroxylation is 1. The lowest BCUT2D eigenvalue weighted by atomic mass is 9.96. The van der Waals surface area contributed by atoms with E-state index in [1.807, 2.05) is 6.07 Å². The van der Waals surface area contributed by atoms with E-state index in [1.54, 1.807) is 0 Å². The summed E-state index contributed by atoms with van der Waals surface area (Å²) >= 11 is 0. The van der Waals surface area contributed by atoms with Crippen molar-refractivity contribution in [3.05, 3.63) is 113 Å². The van der Waals surface area contributed by atoms with Gasteiger partial charge in [0.15, 0.2) is 6.23 Å². The summed E-state index contributed by atoms with van der Waals surface area (Å²) in [6, 6.07) is 30.1. The molecule has 6 rings (SSSR count). The molecule has 1 aromatic heterocycles. The fraction of sp³-hybridized carbons (Fsp3) is 0.148. The average molecular weight is 390 g/mol. The molecule has 1 saturated heterocycles. The van der Waals surface area contributed by atoms with E-state index in [4.69, 9.17) is 9.72 Å². The lowest BCUT2D eigenvalue weighted by molar-refractivity contribution is 0.0569. The number of benzene rings is 3. The summed E-state index contributed by atoms with van der Waals surface area (Å²) in [4.78, 5) is 7.41. The predicted octanol–water partition coefficient (Wildman–Crippen LogP) is 6.13. The van der Waals surface area contributed by atoms with Crippen LogP contribution in [0, 0.1) is 6.92 Å². The second kappa shape index (κ2) is 6.82. The molecule has 0 bridgehead atoms. The van der Waals surface area contributed by atoms with E-state index < -0.39 is 0 Å². The van der Waals surface area contributed by atoms with E-state index in [2.05, 4.69) is 96.8 Å². The van der Waals surface area contributed by atoms with Gasteiger partial charge in [-0.25, -0.2) is 4.98 Å². The normalized spacial score (nSPS) is 20.0. The van der Waals surface area contributed by atoms with E-state index in [-0.39, 0.29) is 12.3 Å². The van der Waals surface area contributed by atoms with Crippen molar-refractivity contribution in [1.29, 1.82) is 0 Å². The fourth-order valence-electron chi connectivity index (χ4n) is 4.59. The third-order valence-electron chi connectivity index (χ3n) is 6.13. The zero-order valence-electron chi connectivity index (χ0n) is 16.8. The Kier molecular flexibility index (Phi) is 3.96. The van der Waals surface area contributed by atoms with Crippen molar-refractivity contribution >= 4 is 22.7 Å². The first-order chi connectivity index (χ1) is 14.8. The Balaban J connectivity index is 1.56. The van der Waals surface area contributed by atoms with Gasteiger partial charge in [0, 0.05) is 16.6 Å². The third kappa shape index (κ3) is 2.74. The number of aromatic nitrogens is 1. The van der Waals surface area contributed by atoms with Gasteiger partial charge in [-0.15, -0.1) is 0 Å². The van der Waals surface area contributed by atoms with Crippen LogP contribution in [-0.2, 0) is 4.74 Å². The zero-order chi connectivity index (χ0) is 20.1. The van der Waals surface area contributed by atoms with Gasteiger partial charge >= 0.3 is 0 Å². The van der Waals surface area contributed by atoms with Gasteiger partial charge in [0.1, 0.15) is 0 Å². The van der Waals surface area contributed by atoms with E-state index in [0.29, 0.717) is 6.61 Å². The fourth-order valence-corrected chi connectivity index (χ4v) is 4.59. The molecule has 3 nitrogen and oxygen atoms in total. The zero-order valence-corrected chi connectivity index (χ0v) is 16.8. The predicted molar refractivity (Wildman–Crippen MR) is 121 cm³/mol. The van der Waals surface area contributed by atoms with Gasteiger partial charge in [0.25, 0.3) is 0 Å². The molecule has 0 N–H and O–H groups in total. The molecule has 2 atom stereocenters. The second-order valence-corrected chi connectivity index (χ2v) is 8.07. The monoisotopic (exact) mass is 390 g/mol. The van der Waals surface area contributed by atoms with Gasteiger partial charge in [-0.2, -0.15) is 0 Å². The first kappa shape index (κ1) is 17.4. The average Bonchev–Trinajstić information content (AvgIpc) is 3.24. The minimum atomic E-state index is -0.136.